The molecule has 0 bridgehead atoms. The summed E-state index contributed by atoms with van der Waals surface area (Å²) in [7, 11) is 0. The molecule has 2 rings (SSSR count). The topological polar surface area (TPSA) is 56.0 Å². The molecule has 2 N–H and O–H groups in total. The normalized spacial score (nSPS) is 12.2. The van der Waals surface area contributed by atoms with Gasteiger partial charge >= 0.3 is 0 Å². The van der Waals surface area contributed by atoms with Crippen molar-refractivity contribution in [3.8, 4) is 0 Å². The van der Waals surface area contributed by atoms with E-state index in [2.05, 4.69) is 20.9 Å². The highest BCUT2D eigenvalue weighted by atomic mass is 79.9. The minimum Gasteiger partial charge on any atom is -0.369 e. The first kappa shape index (κ1) is 13.6. The number of hydrogen-bond donors (Lipinski definition) is 1. The van der Waals surface area contributed by atoms with Gasteiger partial charge in [-0.2, -0.15) is 0 Å². The van der Waals surface area contributed by atoms with Crippen LogP contribution in [-0.2, 0) is 4.79 Å². The quantitative estimate of drug-likeness (QED) is 0.942. The van der Waals surface area contributed by atoms with Crippen LogP contribution in [0.4, 0.5) is 8.78 Å². The van der Waals surface area contributed by atoms with Crippen molar-refractivity contribution in [2.24, 2.45) is 5.73 Å². The highest BCUT2D eigenvalue weighted by Gasteiger charge is 2.23. The van der Waals surface area contributed by atoms with Gasteiger partial charge in [-0.1, -0.05) is 15.9 Å². The molecular formula is C13H9BrF2N2O. The van der Waals surface area contributed by atoms with Crippen LogP contribution in [0.5, 0.6) is 0 Å². The third-order valence-electron chi connectivity index (χ3n) is 2.54. The Morgan fingerprint density at radius 3 is 2.37 bits per heavy atom. The van der Waals surface area contributed by atoms with E-state index in [4.69, 9.17) is 5.73 Å². The number of nitrogens with zero attached hydrogens (tertiary/aromatic N) is 1. The summed E-state index contributed by atoms with van der Waals surface area (Å²) in [6.45, 7) is 0. The van der Waals surface area contributed by atoms with Gasteiger partial charge in [0.2, 0.25) is 5.91 Å². The van der Waals surface area contributed by atoms with Crippen molar-refractivity contribution in [1.29, 1.82) is 0 Å². The molecule has 1 aromatic heterocycles. The fraction of sp³-hybridized carbons (Fsp3) is 0.0769. The third-order valence-corrected chi connectivity index (χ3v) is 3.03. The average Bonchev–Trinajstić information content (AvgIpc) is 2.27. The van der Waals surface area contributed by atoms with Crippen LogP contribution < -0.4 is 5.73 Å². The Kier molecular flexibility index (Phi) is 3.90. The molecule has 1 amide bonds. The molecule has 6 heteroatoms. The van der Waals surface area contributed by atoms with Crippen molar-refractivity contribution in [3.63, 3.8) is 0 Å². The average molecular weight is 327 g/mol. The van der Waals surface area contributed by atoms with E-state index in [0.29, 0.717) is 10.2 Å². The summed E-state index contributed by atoms with van der Waals surface area (Å²) in [5, 5.41) is 0. The van der Waals surface area contributed by atoms with Crippen LogP contribution in [0, 0.1) is 11.6 Å². The molecule has 3 nitrogen and oxygen atoms in total. The van der Waals surface area contributed by atoms with E-state index >= 15 is 0 Å². The molecule has 98 valence electrons. The minimum atomic E-state index is -0.997. The van der Waals surface area contributed by atoms with E-state index in [1.165, 1.54) is 6.20 Å². The SMILES string of the molecule is NC(=O)C(c1cc(F)cc(F)c1)c1cc(Br)ccn1. The number of pyridine rings is 1. The van der Waals surface area contributed by atoms with Crippen molar-refractivity contribution in [1.82, 2.24) is 4.98 Å². The second-order valence-electron chi connectivity index (χ2n) is 3.94. The first-order valence-electron chi connectivity index (χ1n) is 5.34. The first-order chi connectivity index (χ1) is 8.97. The molecule has 0 saturated heterocycles. The van der Waals surface area contributed by atoms with E-state index in [1.54, 1.807) is 12.1 Å². The fourth-order valence-electron chi connectivity index (χ4n) is 1.80. The number of hydrogen-bond acceptors (Lipinski definition) is 2. The monoisotopic (exact) mass is 326 g/mol. The molecule has 0 fully saturated rings. The Morgan fingerprint density at radius 1 is 1.21 bits per heavy atom. The maximum atomic E-state index is 13.2. The molecule has 19 heavy (non-hydrogen) atoms. The second kappa shape index (κ2) is 5.44. The molecule has 0 aliphatic carbocycles. The molecule has 0 aliphatic rings. The van der Waals surface area contributed by atoms with Crippen molar-refractivity contribution < 1.29 is 13.6 Å². The summed E-state index contributed by atoms with van der Waals surface area (Å²) in [6, 6.07) is 6.13. The number of carbonyl (C=O) groups excluding carboxylic acids is 1. The third kappa shape index (κ3) is 3.14. The van der Waals surface area contributed by atoms with Crippen LogP contribution in [0.1, 0.15) is 17.2 Å². The zero-order valence-electron chi connectivity index (χ0n) is 9.61. The molecule has 2 aromatic rings. The number of aromatic nitrogens is 1. The van der Waals surface area contributed by atoms with E-state index in [0.717, 1.165) is 18.2 Å². The molecule has 0 aliphatic heterocycles. The van der Waals surface area contributed by atoms with Crippen molar-refractivity contribution in [2.45, 2.75) is 5.92 Å². The lowest BCUT2D eigenvalue weighted by Gasteiger charge is -2.13. The van der Waals surface area contributed by atoms with Crippen LogP contribution >= 0.6 is 15.9 Å². The number of benzene rings is 1. The maximum absolute atomic E-state index is 13.2. The fourth-order valence-corrected chi connectivity index (χ4v) is 2.15. The van der Waals surface area contributed by atoms with Gasteiger partial charge in [0, 0.05) is 16.7 Å². The standard InChI is InChI=1S/C13H9BrF2N2O/c14-8-1-2-18-11(5-8)12(13(17)19)7-3-9(15)6-10(16)4-7/h1-6,12H,(H2,17,19). The summed E-state index contributed by atoms with van der Waals surface area (Å²) in [6.07, 6.45) is 1.48. The van der Waals surface area contributed by atoms with Gasteiger partial charge in [0.25, 0.3) is 0 Å². The number of amides is 1. The summed E-state index contributed by atoms with van der Waals surface area (Å²) >= 11 is 3.24. The Morgan fingerprint density at radius 2 is 1.84 bits per heavy atom. The van der Waals surface area contributed by atoms with Crippen LogP contribution in [0.25, 0.3) is 0 Å². The molecular weight excluding hydrogens is 318 g/mol. The zero-order valence-corrected chi connectivity index (χ0v) is 11.2. The van der Waals surface area contributed by atoms with Gasteiger partial charge in [0.1, 0.15) is 17.6 Å². The lowest BCUT2D eigenvalue weighted by molar-refractivity contribution is -0.118. The molecule has 0 radical (unpaired) electrons. The zero-order chi connectivity index (χ0) is 14.0. The minimum absolute atomic E-state index is 0.135. The molecule has 0 saturated carbocycles. The van der Waals surface area contributed by atoms with Crippen LogP contribution in [0.15, 0.2) is 41.0 Å². The number of carbonyl (C=O) groups is 1. The van der Waals surface area contributed by atoms with Gasteiger partial charge in [-0.05, 0) is 29.8 Å². The summed E-state index contributed by atoms with van der Waals surface area (Å²) in [5.74, 6) is -3.26. The Bertz CT molecular complexity index is 614. The predicted molar refractivity (Wildman–Crippen MR) is 69.3 cm³/mol. The van der Waals surface area contributed by atoms with Gasteiger partial charge < -0.3 is 5.73 Å². The lowest BCUT2D eigenvalue weighted by atomic mass is 9.94. The molecule has 0 spiro atoms. The molecule has 1 atom stereocenters. The van der Waals surface area contributed by atoms with Gasteiger partial charge in [-0.3, -0.25) is 9.78 Å². The van der Waals surface area contributed by atoms with Crippen LogP contribution in [0.3, 0.4) is 0 Å². The van der Waals surface area contributed by atoms with Gasteiger partial charge in [0.05, 0.1) is 5.69 Å². The largest absolute Gasteiger partial charge is 0.369 e. The first-order valence-corrected chi connectivity index (χ1v) is 6.13. The lowest BCUT2D eigenvalue weighted by Crippen LogP contribution is -2.23. The molecule has 1 unspecified atom stereocenters. The maximum Gasteiger partial charge on any atom is 0.231 e. The van der Waals surface area contributed by atoms with E-state index in [9.17, 15) is 13.6 Å². The Balaban J connectivity index is 2.54. The second-order valence-corrected chi connectivity index (χ2v) is 4.85. The Labute approximate surface area is 116 Å². The van der Waals surface area contributed by atoms with Crippen molar-refractivity contribution >= 4 is 21.8 Å². The predicted octanol–water partition coefficient (Wildman–Crippen LogP) is 2.74. The van der Waals surface area contributed by atoms with Crippen molar-refractivity contribution in [2.75, 3.05) is 0 Å². The smallest absolute Gasteiger partial charge is 0.231 e. The van der Waals surface area contributed by atoms with Gasteiger partial charge in [-0.15, -0.1) is 0 Å². The van der Waals surface area contributed by atoms with Crippen molar-refractivity contribution in [3.05, 3.63) is 63.9 Å². The summed E-state index contributed by atoms with van der Waals surface area (Å²) in [4.78, 5) is 15.6. The van der Waals surface area contributed by atoms with E-state index in [1.807, 2.05) is 0 Å². The Hall–Kier alpha value is -1.82. The summed E-state index contributed by atoms with van der Waals surface area (Å²) in [5.41, 5.74) is 5.77. The number of halogens is 3. The van der Waals surface area contributed by atoms with Crippen LogP contribution in [-0.4, -0.2) is 10.9 Å². The van der Waals surface area contributed by atoms with E-state index in [-0.39, 0.29) is 5.56 Å². The van der Waals surface area contributed by atoms with Gasteiger partial charge in [0.15, 0.2) is 0 Å². The number of primary amides is 1. The van der Waals surface area contributed by atoms with Gasteiger partial charge in [-0.25, -0.2) is 8.78 Å². The van der Waals surface area contributed by atoms with Crippen LogP contribution in [0.2, 0.25) is 0 Å². The highest BCUT2D eigenvalue weighted by molar-refractivity contribution is 9.10. The summed E-state index contributed by atoms with van der Waals surface area (Å²) < 4.78 is 27.1. The molecule has 1 aromatic carbocycles. The highest BCUT2D eigenvalue weighted by Crippen LogP contribution is 2.26. The number of rotatable bonds is 3. The molecule has 1 heterocycles. The van der Waals surface area contributed by atoms with E-state index < -0.39 is 23.5 Å². The number of nitrogens with two attached hydrogens (primary N) is 1.